The molecule has 1 aliphatic rings. The first kappa shape index (κ1) is 32.0. The normalized spacial score (nSPS) is 15.4. The SMILES string of the molecule is COc1c(C#N)cc2ccccc2c1C(=O)NC[C@@H](CCN1CCC(c2ccccc2[S@](C)=O)CC1)c1ccc(Cl)c(Cl)c1. The predicted molar refractivity (Wildman–Crippen MR) is 179 cm³/mol. The minimum Gasteiger partial charge on any atom is -0.495 e. The Kier molecular flexibility index (Phi) is 10.6. The maximum absolute atomic E-state index is 13.7. The fraction of sp³-hybridized carbons (Fsp3) is 0.314. The van der Waals surface area contributed by atoms with E-state index in [0.717, 1.165) is 60.1 Å². The lowest BCUT2D eigenvalue weighted by Gasteiger charge is -2.33. The molecular weight excluding hydrogens is 613 g/mol. The number of likely N-dealkylation sites (tertiary alicyclic amines) is 1. The number of carbonyl (C=O) groups is 1. The second-order valence-corrected chi connectivity index (χ2v) is 13.3. The van der Waals surface area contributed by atoms with Crippen molar-refractivity contribution in [1.29, 1.82) is 5.26 Å². The van der Waals surface area contributed by atoms with Gasteiger partial charge in [0.2, 0.25) is 0 Å². The van der Waals surface area contributed by atoms with Gasteiger partial charge < -0.3 is 15.0 Å². The van der Waals surface area contributed by atoms with E-state index in [4.69, 9.17) is 27.9 Å². The largest absolute Gasteiger partial charge is 0.495 e. The molecule has 44 heavy (non-hydrogen) atoms. The summed E-state index contributed by atoms with van der Waals surface area (Å²) in [5.41, 5.74) is 2.86. The molecule has 6 nitrogen and oxygen atoms in total. The zero-order valence-corrected chi connectivity index (χ0v) is 27.1. The molecule has 0 aromatic heterocycles. The molecule has 1 heterocycles. The summed E-state index contributed by atoms with van der Waals surface area (Å²) >= 11 is 12.6. The number of benzene rings is 4. The zero-order valence-electron chi connectivity index (χ0n) is 24.8. The zero-order chi connectivity index (χ0) is 31.2. The van der Waals surface area contributed by atoms with Gasteiger partial charge in [0.25, 0.3) is 5.91 Å². The molecule has 228 valence electrons. The third-order valence-corrected chi connectivity index (χ3v) is 10.3. The number of nitriles is 1. The molecule has 5 rings (SSSR count). The Morgan fingerprint density at radius 1 is 1.07 bits per heavy atom. The minimum absolute atomic E-state index is 0.0221. The van der Waals surface area contributed by atoms with Crippen molar-refractivity contribution in [2.75, 3.05) is 39.5 Å². The molecule has 0 unspecified atom stereocenters. The van der Waals surface area contributed by atoms with E-state index in [-0.39, 0.29) is 17.6 Å². The molecule has 0 radical (unpaired) electrons. The first-order valence-corrected chi connectivity index (χ1v) is 17.0. The van der Waals surface area contributed by atoms with Gasteiger partial charge in [0, 0.05) is 23.6 Å². The second kappa shape index (κ2) is 14.6. The molecule has 1 amide bonds. The van der Waals surface area contributed by atoms with E-state index in [0.29, 0.717) is 33.6 Å². The van der Waals surface area contributed by atoms with Crippen LogP contribution in [-0.4, -0.2) is 54.6 Å². The number of methoxy groups -OCH3 is 1. The van der Waals surface area contributed by atoms with Crippen molar-refractivity contribution in [2.24, 2.45) is 0 Å². The molecule has 2 atom stereocenters. The molecule has 4 aromatic rings. The smallest absolute Gasteiger partial charge is 0.255 e. The van der Waals surface area contributed by atoms with Gasteiger partial charge in [-0.05, 0) is 91.0 Å². The average Bonchev–Trinajstić information content (AvgIpc) is 3.05. The highest BCUT2D eigenvalue weighted by Gasteiger charge is 2.25. The molecule has 1 fully saturated rings. The first-order chi connectivity index (χ1) is 21.3. The summed E-state index contributed by atoms with van der Waals surface area (Å²) in [5, 5.41) is 15.4. The molecule has 9 heteroatoms. The lowest BCUT2D eigenvalue weighted by Crippen LogP contribution is -2.36. The highest BCUT2D eigenvalue weighted by atomic mass is 35.5. The van der Waals surface area contributed by atoms with Crippen LogP contribution in [0.4, 0.5) is 0 Å². The van der Waals surface area contributed by atoms with Crippen molar-refractivity contribution in [1.82, 2.24) is 10.2 Å². The van der Waals surface area contributed by atoms with Gasteiger partial charge in [-0.25, -0.2) is 0 Å². The average molecular weight is 649 g/mol. The number of amides is 1. The predicted octanol–water partition coefficient (Wildman–Crippen LogP) is 7.55. The number of hydrogen-bond acceptors (Lipinski definition) is 5. The summed E-state index contributed by atoms with van der Waals surface area (Å²) in [4.78, 5) is 17.1. The van der Waals surface area contributed by atoms with Crippen LogP contribution in [0.25, 0.3) is 10.8 Å². The molecule has 0 aliphatic carbocycles. The van der Waals surface area contributed by atoms with Crippen LogP contribution in [0.1, 0.15) is 58.1 Å². The van der Waals surface area contributed by atoms with Crippen LogP contribution in [0.15, 0.2) is 77.7 Å². The lowest BCUT2D eigenvalue weighted by atomic mass is 9.88. The number of ether oxygens (including phenoxy) is 1. The fourth-order valence-corrected chi connectivity index (χ4v) is 7.34. The summed E-state index contributed by atoms with van der Waals surface area (Å²) in [6.45, 7) is 3.11. The van der Waals surface area contributed by atoms with Crippen LogP contribution < -0.4 is 10.1 Å². The summed E-state index contributed by atoms with van der Waals surface area (Å²) in [6.07, 6.45) is 4.55. The molecule has 0 bridgehead atoms. The first-order valence-electron chi connectivity index (χ1n) is 14.7. The van der Waals surface area contributed by atoms with E-state index >= 15 is 0 Å². The lowest BCUT2D eigenvalue weighted by molar-refractivity contribution is 0.0948. The molecule has 0 spiro atoms. The van der Waals surface area contributed by atoms with Gasteiger partial charge in [0.1, 0.15) is 11.8 Å². The number of carbonyl (C=O) groups excluding carboxylic acids is 1. The molecule has 1 N–H and O–H groups in total. The van der Waals surface area contributed by atoms with Crippen LogP contribution in [0.5, 0.6) is 5.75 Å². The van der Waals surface area contributed by atoms with Crippen molar-refractivity contribution in [3.63, 3.8) is 0 Å². The van der Waals surface area contributed by atoms with Crippen molar-refractivity contribution in [3.05, 3.63) is 105 Å². The van der Waals surface area contributed by atoms with Crippen molar-refractivity contribution < 1.29 is 13.7 Å². The van der Waals surface area contributed by atoms with Gasteiger partial charge in [0.05, 0.1) is 39.1 Å². The summed E-state index contributed by atoms with van der Waals surface area (Å²) in [7, 11) is 0.466. The van der Waals surface area contributed by atoms with Crippen molar-refractivity contribution in [2.45, 2.75) is 36.0 Å². The topological polar surface area (TPSA) is 82.4 Å². The minimum atomic E-state index is -1.01. The van der Waals surface area contributed by atoms with Gasteiger partial charge in [-0.3, -0.25) is 9.00 Å². The summed E-state index contributed by atoms with van der Waals surface area (Å²) in [6, 6.07) is 25.1. The molecule has 0 saturated carbocycles. The third kappa shape index (κ3) is 7.11. The highest BCUT2D eigenvalue weighted by Crippen LogP contribution is 2.34. The summed E-state index contributed by atoms with van der Waals surface area (Å²) in [5.74, 6) is 0.343. The van der Waals surface area contributed by atoms with E-state index in [9.17, 15) is 14.3 Å². The maximum Gasteiger partial charge on any atom is 0.255 e. The van der Waals surface area contributed by atoms with E-state index in [1.54, 1.807) is 18.4 Å². The number of nitrogens with one attached hydrogen (secondary N) is 1. The van der Waals surface area contributed by atoms with Crippen LogP contribution >= 0.6 is 23.2 Å². The van der Waals surface area contributed by atoms with E-state index in [1.165, 1.54) is 12.7 Å². The number of fused-ring (bicyclic) bond motifs is 1. The van der Waals surface area contributed by atoms with Gasteiger partial charge in [-0.15, -0.1) is 0 Å². The van der Waals surface area contributed by atoms with Crippen LogP contribution in [0, 0.1) is 11.3 Å². The summed E-state index contributed by atoms with van der Waals surface area (Å²) < 4.78 is 17.9. The van der Waals surface area contributed by atoms with Gasteiger partial charge >= 0.3 is 0 Å². The monoisotopic (exact) mass is 647 g/mol. The van der Waals surface area contributed by atoms with Gasteiger partial charge in [-0.2, -0.15) is 5.26 Å². The number of hydrogen-bond donors (Lipinski definition) is 1. The highest BCUT2D eigenvalue weighted by molar-refractivity contribution is 7.84. The Morgan fingerprint density at radius 2 is 1.80 bits per heavy atom. The molecule has 1 aliphatic heterocycles. The standard InChI is InChI=1S/C35H35Cl2N3O3S/c1-43-34-27(21-38)19-25-7-3-4-9-29(25)33(34)35(41)39-22-26(24-11-12-30(36)31(37)20-24)15-18-40-16-13-23(14-17-40)28-8-5-6-10-32(28)44(2)42/h3-12,19-20,23,26H,13-18,22H2,1-2H3,(H,39,41)/t26-,44+/m1/s1. The van der Waals surface area contributed by atoms with Gasteiger partial charge in [-0.1, -0.05) is 71.7 Å². The fourth-order valence-electron chi connectivity index (χ4n) is 6.19. The van der Waals surface area contributed by atoms with E-state index < -0.39 is 10.8 Å². The number of halogens is 2. The Bertz CT molecular complexity index is 1730. The number of piperidine rings is 1. The van der Waals surface area contributed by atoms with Crippen molar-refractivity contribution >= 4 is 50.7 Å². The Hall–Kier alpha value is -3.41. The molecule has 4 aromatic carbocycles. The number of nitrogens with zero attached hydrogens (tertiary/aromatic N) is 2. The van der Waals surface area contributed by atoms with Crippen molar-refractivity contribution in [3.8, 4) is 11.8 Å². The Labute approximate surface area is 271 Å². The van der Waals surface area contributed by atoms with E-state index in [1.807, 2.05) is 54.6 Å². The maximum atomic E-state index is 13.7. The molecular formula is C35H35Cl2N3O3S. The van der Waals surface area contributed by atoms with E-state index in [2.05, 4.69) is 22.4 Å². The van der Waals surface area contributed by atoms with Gasteiger partial charge in [0.15, 0.2) is 0 Å². The Balaban J connectivity index is 1.31. The van der Waals surface area contributed by atoms with Crippen LogP contribution in [0.3, 0.4) is 0 Å². The molecule has 1 saturated heterocycles. The second-order valence-electron chi connectivity index (χ2n) is 11.1. The third-order valence-electron chi connectivity index (χ3n) is 8.53. The van der Waals surface area contributed by atoms with Crippen LogP contribution in [0.2, 0.25) is 10.0 Å². The van der Waals surface area contributed by atoms with Crippen LogP contribution in [-0.2, 0) is 10.8 Å². The Morgan fingerprint density at radius 3 is 2.50 bits per heavy atom. The quantitative estimate of drug-likeness (QED) is 0.192. The number of rotatable bonds is 10.